The van der Waals surface area contributed by atoms with Crippen molar-refractivity contribution in [1.82, 2.24) is 10.3 Å². The van der Waals surface area contributed by atoms with E-state index in [-0.39, 0.29) is 6.03 Å². The van der Waals surface area contributed by atoms with Gasteiger partial charge in [0.15, 0.2) is 5.13 Å². The Morgan fingerprint density at radius 3 is 2.58 bits per heavy atom. The molecule has 1 heterocycles. The van der Waals surface area contributed by atoms with Crippen LogP contribution in [0.1, 0.15) is 16.1 Å². The first kappa shape index (κ1) is 14.0. The van der Waals surface area contributed by atoms with E-state index in [1.165, 1.54) is 11.3 Å². The van der Waals surface area contributed by atoms with Gasteiger partial charge in [0.1, 0.15) is 0 Å². The highest BCUT2D eigenvalue weighted by Crippen LogP contribution is 2.20. The van der Waals surface area contributed by atoms with Crippen LogP contribution >= 0.6 is 27.3 Å². The Balaban J connectivity index is 1.86. The zero-order valence-electron chi connectivity index (χ0n) is 10.7. The summed E-state index contributed by atoms with van der Waals surface area (Å²) in [5.74, 6) is 0. The van der Waals surface area contributed by atoms with Gasteiger partial charge in [0.05, 0.1) is 5.69 Å². The highest BCUT2D eigenvalue weighted by molar-refractivity contribution is 9.10. The Labute approximate surface area is 124 Å². The normalized spacial score (nSPS) is 10.3. The fourth-order valence-corrected chi connectivity index (χ4v) is 2.53. The van der Waals surface area contributed by atoms with Gasteiger partial charge in [0.2, 0.25) is 0 Å². The number of hydrogen-bond acceptors (Lipinski definition) is 3. The van der Waals surface area contributed by atoms with E-state index < -0.39 is 0 Å². The number of hydrogen-bond donors (Lipinski definition) is 2. The van der Waals surface area contributed by atoms with Crippen LogP contribution in [0.2, 0.25) is 0 Å². The van der Waals surface area contributed by atoms with E-state index >= 15 is 0 Å². The summed E-state index contributed by atoms with van der Waals surface area (Å²) >= 11 is 4.85. The summed E-state index contributed by atoms with van der Waals surface area (Å²) in [6.07, 6.45) is 0. The number of anilines is 1. The minimum Gasteiger partial charge on any atom is -0.334 e. The molecule has 0 aliphatic carbocycles. The lowest BCUT2D eigenvalue weighted by Crippen LogP contribution is -2.28. The molecule has 0 bridgehead atoms. The van der Waals surface area contributed by atoms with Gasteiger partial charge in [0, 0.05) is 15.9 Å². The Morgan fingerprint density at radius 1 is 1.32 bits per heavy atom. The SMILES string of the molecule is Cc1nc(NC(=O)NCc2ccc(Br)cc2)sc1C. The summed E-state index contributed by atoms with van der Waals surface area (Å²) in [5, 5.41) is 6.16. The Bertz CT molecular complexity index is 561. The van der Waals surface area contributed by atoms with Crippen LogP contribution in [0.15, 0.2) is 28.7 Å². The number of urea groups is 1. The minimum absolute atomic E-state index is 0.239. The maximum Gasteiger partial charge on any atom is 0.321 e. The smallest absolute Gasteiger partial charge is 0.321 e. The molecule has 2 N–H and O–H groups in total. The summed E-state index contributed by atoms with van der Waals surface area (Å²) in [4.78, 5) is 17.1. The predicted molar refractivity (Wildman–Crippen MR) is 81.6 cm³/mol. The molecule has 4 nitrogen and oxygen atoms in total. The lowest BCUT2D eigenvalue weighted by atomic mass is 10.2. The molecule has 0 radical (unpaired) electrons. The van der Waals surface area contributed by atoms with Gasteiger partial charge in [-0.15, -0.1) is 11.3 Å². The number of nitrogens with zero attached hydrogens (tertiary/aromatic N) is 1. The number of amides is 2. The Kier molecular flexibility index (Phi) is 4.55. The molecule has 2 amide bonds. The van der Waals surface area contributed by atoms with Crippen LogP contribution in [0.3, 0.4) is 0 Å². The number of benzene rings is 1. The summed E-state index contributed by atoms with van der Waals surface area (Å²) in [5.41, 5.74) is 2.00. The van der Waals surface area contributed by atoms with Crippen molar-refractivity contribution in [2.75, 3.05) is 5.32 Å². The largest absolute Gasteiger partial charge is 0.334 e. The molecular formula is C13H14BrN3OS. The number of thiazole rings is 1. The van der Waals surface area contributed by atoms with Gasteiger partial charge in [-0.05, 0) is 31.5 Å². The summed E-state index contributed by atoms with van der Waals surface area (Å²) in [6.45, 7) is 4.40. The van der Waals surface area contributed by atoms with Crippen molar-refractivity contribution in [3.8, 4) is 0 Å². The molecule has 0 unspecified atom stereocenters. The number of aromatic nitrogens is 1. The van der Waals surface area contributed by atoms with Crippen molar-refractivity contribution in [1.29, 1.82) is 0 Å². The first-order chi connectivity index (χ1) is 9.04. The average Bonchev–Trinajstić information content (AvgIpc) is 2.67. The van der Waals surface area contributed by atoms with Crippen molar-refractivity contribution < 1.29 is 4.79 Å². The number of halogens is 1. The van der Waals surface area contributed by atoms with Crippen LogP contribution in [0.5, 0.6) is 0 Å². The quantitative estimate of drug-likeness (QED) is 0.892. The third-order valence-corrected chi connectivity index (χ3v) is 4.13. The molecule has 0 aliphatic rings. The molecule has 1 aromatic carbocycles. The van der Waals surface area contributed by atoms with Gasteiger partial charge in [-0.3, -0.25) is 5.32 Å². The van der Waals surface area contributed by atoms with E-state index in [1.807, 2.05) is 38.1 Å². The van der Waals surface area contributed by atoms with Gasteiger partial charge < -0.3 is 5.32 Å². The van der Waals surface area contributed by atoms with Crippen molar-refractivity contribution >= 4 is 38.4 Å². The predicted octanol–water partition coefficient (Wildman–Crippen LogP) is 3.84. The van der Waals surface area contributed by atoms with Crippen molar-refractivity contribution in [3.63, 3.8) is 0 Å². The van der Waals surface area contributed by atoms with Gasteiger partial charge in [-0.25, -0.2) is 9.78 Å². The first-order valence-electron chi connectivity index (χ1n) is 5.78. The molecule has 0 aliphatic heterocycles. The molecule has 6 heteroatoms. The number of carbonyl (C=O) groups is 1. The van der Waals surface area contributed by atoms with Gasteiger partial charge in [-0.1, -0.05) is 28.1 Å². The van der Waals surface area contributed by atoms with Crippen molar-refractivity contribution in [2.24, 2.45) is 0 Å². The molecule has 0 fully saturated rings. The highest BCUT2D eigenvalue weighted by Gasteiger charge is 2.07. The summed E-state index contributed by atoms with van der Waals surface area (Å²) in [7, 11) is 0. The molecule has 19 heavy (non-hydrogen) atoms. The topological polar surface area (TPSA) is 54.0 Å². The molecule has 1 aromatic heterocycles. The van der Waals surface area contributed by atoms with Gasteiger partial charge in [0.25, 0.3) is 0 Å². The second-order valence-electron chi connectivity index (χ2n) is 4.09. The lowest BCUT2D eigenvalue weighted by Gasteiger charge is -2.05. The lowest BCUT2D eigenvalue weighted by molar-refractivity contribution is 0.251. The zero-order valence-corrected chi connectivity index (χ0v) is 13.1. The zero-order chi connectivity index (χ0) is 13.8. The summed E-state index contributed by atoms with van der Waals surface area (Å²) < 4.78 is 1.02. The minimum atomic E-state index is -0.239. The van der Waals surface area contributed by atoms with Crippen LogP contribution in [0, 0.1) is 13.8 Å². The fraction of sp³-hybridized carbons (Fsp3) is 0.231. The van der Waals surface area contributed by atoms with E-state index in [0.29, 0.717) is 11.7 Å². The monoisotopic (exact) mass is 339 g/mol. The van der Waals surface area contributed by atoms with E-state index in [2.05, 4.69) is 31.5 Å². The number of carbonyl (C=O) groups excluding carboxylic acids is 1. The van der Waals surface area contributed by atoms with Crippen molar-refractivity contribution in [3.05, 3.63) is 44.9 Å². The molecule has 0 saturated heterocycles. The number of aryl methyl sites for hydroxylation is 2. The van der Waals surface area contributed by atoms with E-state index in [0.717, 1.165) is 20.6 Å². The van der Waals surface area contributed by atoms with Gasteiger partial charge in [-0.2, -0.15) is 0 Å². The molecule has 0 atom stereocenters. The number of rotatable bonds is 3. The second kappa shape index (κ2) is 6.16. The third kappa shape index (κ3) is 4.04. The van der Waals surface area contributed by atoms with Crippen LogP contribution in [-0.4, -0.2) is 11.0 Å². The third-order valence-electron chi connectivity index (χ3n) is 2.62. The molecule has 2 aromatic rings. The maximum atomic E-state index is 11.7. The standard InChI is InChI=1S/C13H14BrN3OS/c1-8-9(2)19-13(16-8)17-12(18)15-7-10-3-5-11(14)6-4-10/h3-6H,7H2,1-2H3,(H2,15,16,17,18). The molecule has 100 valence electrons. The van der Waals surface area contributed by atoms with Crippen LogP contribution < -0.4 is 10.6 Å². The van der Waals surface area contributed by atoms with Crippen LogP contribution in [0.25, 0.3) is 0 Å². The van der Waals surface area contributed by atoms with Crippen LogP contribution in [-0.2, 0) is 6.54 Å². The fourth-order valence-electron chi connectivity index (χ4n) is 1.45. The number of nitrogens with one attached hydrogen (secondary N) is 2. The second-order valence-corrected chi connectivity index (χ2v) is 6.21. The summed E-state index contributed by atoms with van der Waals surface area (Å²) in [6, 6.07) is 7.58. The van der Waals surface area contributed by atoms with E-state index in [4.69, 9.17) is 0 Å². The maximum absolute atomic E-state index is 11.7. The molecular weight excluding hydrogens is 326 g/mol. The first-order valence-corrected chi connectivity index (χ1v) is 7.39. The van der Waals surface area contributed by atoms with Gasteiger partial charge >= 0.3 is 6.03 Å². The average molecular weight is 340 g/mol. The molecule has 0 saturated carbocycles. The van der Waals surface area contributed by atoms with Crippen molar-refractivity contribution in [2.45, 2.75) is 20.4 Å². The van der Waals surface area contributed by atoms with Crippen LogP contribution in [0.4, 0.5) is 9.93 Å². The highest BCUT2D eigenvalue weighted by atomic mass is 79.9. The molecule has 0 spiro atoms. The van der Waals surface area contributed by atoms with E-state index in [1.54, 1.807) is 0 Å². The molecule has 2 rings (SSSR count). The van der Waals surface area contributed by atoms with E-state index in [9.17, 15) is 4.79 Å². The Hall–Kier alpha value is -1.40. The Morgan fingerprint density at radius 2 is 2.00 bits per heavy atom.